The summed E-state index contributed by atoms with van der Waals surface area (Å²) in [5.74, 6) is -1.24. The van der Waals surface area contributed by atoms with Crippen LogP contribution in [0.3, 0.4) is 0 Å². The van der Waals surface area contributed by atoms with Gasteiger partial charge in [-0.3, -0.25) is 9.59 Å². The van der Waals surface area contributed by atoms with E-state index in [0.29, 0.717) is 6.54 Å². The van der Waals surface area contributed by atoms with Crippen molar-refractivity contribution in [2.45, 2.75) is 51.1 Å². The number of benzene rings is 1. The average Bonchev–Trinajstić information content (AvgIpc) is 3.04. The molecule has 1 aliphatic rings. The fourth-order valence-corrected chi connectivity index (χ4v) is 2.65. The van der Waals surface area contributed by atoms with Crippen LogP contribution in [-0.2, 0) is 16.1 Å². The van der Waals surface area contributed by atoms with Crippen molar-refractivity contribution in [2.24, 2.45) is 0 Å². The maximum absolute atomic E-state index is 11.7. The highest BCUT2D eigenvalue weighted by atomic mass is 16.4. The molecule has 0 bridgehead atoms. The van der Waals surface area contributed by atoms with Crippen LogP contribution >= 0.6 is 0 Å². The van der Waals surface area contributed by atoms with Crippen LogP contribution < -0.4 is 10.6 Å². The zero-order valence-corrected chi connectivity index (χ0v) is 13.0. The maximum Gasteiger partial charge on any atom is 0.335 e. The molecule has 0 saturated heterocycles. The van der Waals surface area contributed by atoms with Crippen LogP contribution in [0.5, 0.6) is 0 Å². The second-order valence-electron chi connectivity index (χ2n) is 5.83. The molecule has 23 heavy (non-hydrogen) atoms. The molecule has 6 nitrogen and oxygen atoms in total. The number of carbonyl (C=O) groups is 3. The monoisotopic (exact) mass is 318 g/mol. The number of hydrogen-bond acceptors (Lipinski definition) is 3. The lowest BCUT2D eigenvalue weighted by molar-refractivity contribution is -0.126. The first-order chi connectivity index (χ1) is 11.0. The highest BCUT2D eigenvalue weighted by Gasteiger charge is 2.17. The van der Waals surface area contributed by atoms with Crippen molar-refractivity contribution < 1.29 is 19.5 Å². The van der Waals surface area contributed by atoms with Crippen molar-refractivity contribution >= 4 is 17.8 Å². The van der Waals surface area contributed by atoms with E-state index >= 15 is 0 Å². The van der Waals surface area contributed by atoms with E-state index in [4.69, 9.17) is 5.11 Å². The van der Waals surface area contributed by atoms with Gasteiger partial charge in [-0.2, -0.15) is 0 Å². The molecule has 1 saturated carbocycles. The van der Waals surface area contributed by atoms with E-state index in [1.54, 1.807) is 12.1 Å². The van der Waals surface area contributed by atoms with Crippen LogP contribution in [0.2, 0.25) is 0 Å². The minimum absolute atomic E-state index is 0.0714. The molecule has 1 aromatic carbocycles. The third-order valence-corrected chi connectivity index (χ3v) is 3.99. The van der Waals surface area contributed by atoms with Crippen molar-refractivity contribution in [3.8, 4) is 0 Å². The molecule has 0 radical (unpaired) electrons. The molecule has 1 aliphatic carbocycles. The minimum atomic E-state index is -0.978. The van der Waals surface area contributed by atoms with Gasteiger partial charge < -0.3 is 15.7 Å². The van der Waals surface area contributed by atoms with Gasteiger partial charge in [-0.1, -0.05) is 25.0 Å². The van der Waals surface area contributed by atoms with Gasteiger partial charge in [0.05, 0.1) is 5.56 Å². The van der Waals surface area contributed by atoms with Gasteiger partial charge in [0.1, 0.15) is 0 Å². The second kappa shape index (κ2) is 8.31. The summed E-state index contributed by atoms with van der Waals surface area (Å²) in [6.45, 7) is 0.322. The Morgan fingerprint density at radius 3 is 2.22 bits per heavy atom. The third kappa shape index (κ3) is 5.73. The molecule has 124 valence electrons. The van der Waals surface area contributed by atoms with Gasteiger partial charge in [0.25, 0.3) is 0 Å². The topological polar surface area (TPSA) is 95.5 Å². The van der Waals surface area contributed by atoms with Gasteiger partial charge >= 0.3 is 5.97 Å². The highest BCUT2D eigenvalue weighted by Crippen LogP contribution is 2.17. The molecule has 3 N–H and O–H groups in total. The molecule has 2 rings (SSSR count). The molecule has 2 amide bonds. The summed E-state index contributed by atoms with van der Waals surface area (Å²) in [5.41, 5.74) is 1.03. The SMILES string of the molecule is O=C(CCC(=O)NC1CCCC1)NCc1ccc(C(=O)O)cc1. The van der Waals surface area contributed by atoms with E-state index in [2.05, 4.69) is 10.6 Å². The fourth-order valence-electron chi connectivity index (χ4n) is 2.65. The number of rotatable bonds is 7. The molecule has 0 aliphatic heterocycles. The Morgan fingerprint density at radius 1 is 1.00 bits per heavy atom. The first kappa shape index (κ1) is 17.0. The summed E-state index contributed by atoms with van der Waals surface area (Å²) >= 11 is 0. The number of carbonyl (C=O) groups excluding carboxylic acids is 2. The number of hydrogen-bond donors (Lipinski definition) is 3. The van der Waals surface area contributed by atoms with Gasteiger partial charge in [0.15, 0.2) is 0 Å². The van der Waals surface area contributed by atoms with Crippen LogP contribution in [0.1, 0.15) is 54.4 Å². The van der Waals surface area contributed by atoms with Crippen LogP contribution in [0.25, 0.3) is 0 Å². The van der Waals surface area contributed by atoms with Crippen LogP contribution in [0.4, 0.5) is 0 Å². The third-order valence-electron chi connectivity index (χ3n) is 3.99. The van der Waals surface area contributed by atoms with Gasteiger partial charge in [-0.05, 0) is 30.5 Å². The Balaban J connectivity index is 1.66. The van der Waals surface area contributed by atoms with Crippen molar-refractivity contribution in [1.82, 2.24) is 10.6 Å². The molecule has 0 unspecified atom stereocenters. The lowest BCUT2D eigenvalue weighted by Crippen LogP contribution is -2.33. The number of nitrogens with one attached hydrogen (secondary N) is 2. The predicted molar refractivity (Wildman–Crippen MR) is 84.9 cm³/mol. The smallest absolute Gasteiger partial charge is 0.335 e. The Hall–Kier alpha value is -2.37. The quantitative estimate of drug-likeness (QED) is 0.715. The van der Waals surface area contributed by atoms with Crippen LogP contribution in [-0.4, -0.2) is 28.9 Å². The second-order valence-corrected chi connectivity index (χ2v) is 5.83. The van der Waals surface area contributed by atoms with E-state index in [1.165, 1.54) is 12.1 Å². The van der Waals surface area contributed by atoms with E-state index in [9.17, 15) is 14.4 Å². The zero-order valence-electron chi connectivity index (χ0n) is 13.0. The van der Waals surface area contributed by atoms with E-state index in [-0.39, 0.29) is 36.3 Å². The fraction of sp³-hybridized carbons (Fsp3) is 0.471. The molecule has 6 heteroatoms. The zero-order chi connectivity index (χ0) is 16.7. The summed E-state index contributed by atoms with van der Waals surface area (Å²) in [7, 11) is 0. The van der Waals surface area contributed by atoms with Gasteiger partial charge in [0.2, 0.25) is 11.8 Å². The van der Waals surface area contributed by atoms with Gasteiger partial charge in [0, 0.05) is 25.4 Å². The molecule has 0 aromatic heterocycles. The largest absolute Gasteiger partial charge is 0.478 e. The molecule has 1 aromatic rings. The Labute approximate surface area is 135 Å². The van der Waals surface area contributed by atoms with Crippen molar-refractivity contribution in [1.29, 1.82) is 0 Å². The molecule has 0 atom stereocenters. The minimum Gasteiger partial charge on any atom is -0.478 e. The van der Waals surface area contributed by atoms with Crippen molar-refractivity contribution in [3.05, 3.63) is 35.4 Å². The van der Waals surface area contributed by atoms with Crippen molar-refractivity contribution in [3.63, 3.8) is 0 Å². The lowest BCUT2D eigenvalue weighted by Gasteiger charge is -2.11. The first-order valence-corrected chi connectivity index (χ1v) is 7.93. The number of aromatic carboxylic acids is 1. The van der Waals surface area contributed by atoms with Crippen LogP contribution in [0.15, 0.2) is 24.3 Å². The summed E-state index contributed by atoms with van der Waals surface area (Å²) in [4.78, 5) is 34.2. The van der Waals surface area contributed by atoms with Gasteiger partial charge in [-0.25, -0.2) is 4.79 Å². The predicted octanol–water partition coefficient (Wildman–Crippen LogP) is 1.84. The molecule has 0 spiro atoms. The number of carboxylic acid groups (broad SMARTS) is 1. The average molecular weight is 318 g/mol. The summed E-state index contributed by atoms with van der Waals surface area (Å²) < 4.78 is 0. The van der Waals surface area contributed by atoms with Crippen LogP contribution in [0, 0.1) is 0 Å². The first-order valence-electron chi connectivity index (χ1n) is 7.93. The molecular formula is C17H22N2O4. The highest BCUT2D eigenvalue weighted by molar-refractivity contribution is 5.87. The standard InChI is InChI=1S/C17H22N2O4/c20-15(9-10-16(21)19-14-3-1-2-4-14)18-11-12-5-7-13(8-6-12)17(22)23/h5-8,14H,1-4,9-11H2,(H,18,20)(H,19,21)(H,22,23). The normalized spacial score (nSPS) is 14.4. The van der Waals surface area contributed by atoms with Gasteiger partial charge in [-0.15, -0.1) is 0 Å². The number of carboxylic acids is 1. The summed E-state index contributed by atoms with van der Waals surface area (Å²) in [6.07, 6.45) is 4.73. The molecular weight excluding hydrogens is 296 g/mol. The van der Waals surface area contributed by atoms with E-state index < -0.39 is 5.97 Å². The summed E-state index contributed by atoms with van der Waals surface area (Å²) in [5, 5.41) is 14.5. The number of amides is 2. The lowest BCUT2D eigenvalue weighted by atomic mass is 10.1. The Kier molecular flexibility index (Phi) is 6.14. The molecule has 0 heterocycles. The Bertz CT molecular complexity index is 562. The van der Waals surface area contributed by atoms with E-state index in [1.807, 2.05) is 0 Å². The summed E-state index contributed by atoms with van der Waals surface area (Å²) in [6, 6.07) is 6.60. The Morgan fingerprint density at radius 2 is 1.61 bits per heavy atom. The van der Waals surface area contributed by atoms with E-state index in [0.717, 1.165) is 31.2 Å². The molecule has 1 fully saturated rings. The maximum atomic E-state index is 11.7. The van der Waals surface area contributed by atoms with Crippen molar-refractivity contribution in [2.75, 3.05) is 0 Å².